The van der Waals surface area contributed by atoms with Crippen LogP contribution in [0.5, 0.6) is 0 Å². The fourth-order valence-corrected chi connectivity index (χ4v) is 4.35. The van der Waals surface area contributed by atoms with Gasteiger partial charge in [-0.15, -0.1) is 0 Å². The number of amides is 1. The summed E-state index contributed by atoms with van der Waals surface area (Å²) in [5.74, 6) is -0.279. The first-order valence-corrected chi connectivity index (χ1v) is 12.1. The van der Waals surface area contributed by atoms with Crippen molar-refractivity contribution in [2.75, 3.05) is 6.61 Å². The van der Waals surface area contributed by atoms with E-state index >= 15 is 0 Å². The molecule has 1 amide bonds. The van der Waals surface area contributed by atoms with Gasteiger partial charge in [0, 0.05) is 16.5 Å². The number of carbonyl (C=O) groups excluding carboxylic acids is 2. The summed E-state index contributed by atoms with van der Waals surface area (Å²) in [4.78, 5) is 28.0. The summed E-state index contributed by atoms with van der Waals surface area (Å²) >= 11 is 3.44. The van der Waals surface area contributed by atoms with E-state index in [1.807, 2.05) is 92.7 Å². The zero-order valence-corrected chi connectivity index (χ0v) is 21.1. The van der Waals surface area contributed by atoms with Crippen molar-refractivity contribution in [1.82, 2.24) is 4.90 Å². The lowest BCUT2D eigenvalue weighted by Gasteiger charge is -2.33. The fraction of sp³-hybridized carbons (Fsp3) is 0.286. The van der Waals surface area contributed by atoms with Crippen LogP contribution in [0.25, 0.3) is 11.1 Å². The van der Waals surface area contributed by atoms with Crippen molar-refractivity contribution in [3.05, 3.63) is 94.5 Å². The van der Waals surface area contributed by atoms with Crippen LogP contribution in [-0.4, -0.2) is 29.1 Å². The maximum Gasteiger partial charge on any atom is 0.413 e. The molecule has 1 aliphatic heterocycles. The minimum atomic E-state index is -1.20. The first-order valence-electron chi connectivity index (χ1n) is 11.3. The second-order valence-corrected chi connectivity index (χ2v) is 10.1. The molecule has 0 spiro atoms. The monoisotopic (exact) mass is 521 g/mol. The Hall–Kier alpha value is -3.12. The number of benzene rings is 3. The Bertz CT molecular complexity index is 1150. The number of rotatable bonds is 6. The molecule has 3 aromatic carbocycles. The molecule has 1 heterocycles. The number of hydrogen-bond acceptors (Lipinski definition) is 4. The molecule has 0 aromatic heterocycles. The molecule has 4 rings (SSSR count). The van der Waals surface area contributed by atoms with Gasteiger partial charge < -0.3 is 9.47 Å². The van der Waals surface area contributed by atoms with Gasteiger partial charge in [-0.25, -0.2) is 9.59 Å². The molecular weight excluding hydrogens is 494 g/mol. The molecule has 176 valence electrons. The Morgan fingerprint density at radius 3 is 2.24 bits per heavy atom. The number of esters is 1. The molecule has 1 aliphatic rings. The summed E-state index contributed by atoms with van der Waals surface area (Å²) in [5, 5.41) is 0. The van der Waals surface area contributed by atoms with E-state index in [1.165, 1.54) is 4.90 Å². The van der Waals surface area contributed by atoms with Gasteiger partial charge in [0.05, 0.1) is 6.61 Å². The van der Waals surface area contributed by atoms with Gasteiger partial charge in [0.2, 0.25) is 6.23 Å². The van der Waals surface area contributed by atoms with Crippen molar-refractivity contribution >= 4 is 28.0 Å². The number of cyclic esters (lactones) is 1. The van der Waals surface area contributed by atoms with Gasteiger partial charge in [-0.05, 0) is 41.7 Å². The average Bonchev–Trinajstić information content (AvgIpc) is 3.10. The Morgan fingerprint density at radius 1 is 1.00 bits per heavy atom. The molecule has 0 N–H and O–H groups in total. The summed E-state index contributed by atoms with van der Waals surface area (Å²) in [6, 6.07) is 25.5. The summed E-state index contributed by atoms with van der Waals surface area (Å²) in [7, 11) is 0. The number of carbonyl (C=O) groups is 2. The van der Waals surface area contributed by atoms with Crippen molar-refractivity contribution in [3.63, 3.8) is 0 Å². The second-order valence-electron chi connectivity index (χ2n) is 9.16. The van der Waals surface area contributed by atoms with Crippen LogP contribution in [0.15, 0.2) is 83.3 Å². The van der Waals surface area contributed by atoms with Crippen LogP contribution in [0.2, 0.25) is 0 Å². The number of nitrogens with zero attached hydrogens (tertiary/aromatic N) is 1. The largest absolute Gasteiger partial charge is 0.449 e. The van der Waals surface area contributed by atoms with Crippen LogP contribution >= 0.6 is 15.9 Å². The molecule has 6 heteroatoms. The molecule has 1 fully saturated rings. The van der Waals surface area contributed by atoms with E-state index in [2.05, 4.69) is 15.9 Å². The summed E-state index contributed by atoms with van der Waals surface area (Å²) in [6.07, 6.45) is -1.11. The number of hydrogen-bond donors (Lipinski definition) is 0. The highest BCUT2D eigenvalue weighted by molar-refractivity contribution is 9.10. The Morgan fingerprint density at radius 2 is 1.62 bits per heavy atom. The van der Waals surface area contributed by atoms with Crippen molar-refractivity contribution in [3.8, 4) is 11.1 Å². The predicted molar refractivity (Wildman–Crippen MR) is 135 cm³/mol. The van der Waals surface area contributed by atoms with Crippen LogP contribution < -0.4 is 0 Å². The van der Waals surface area contributed by atoms with E-state index in [1.54, 1.807) is 6.92 Å². The summed E-state index contributed by atoms with van der Waals surface area (Å²) in [6.45, 7) is 5.95. The molecule has 0 saturated carbocycles. The van der Waals surface area contributed by atoms with Gasteiger partial charge in [0.1, 0.15) is 5.54 Å². The lowest BCUT2D eigenvalue weighted by molar-refractivity contribution is -0.145. The maximum absolute atomic E-state index is 13.3. The SMILES string of the molecule is CC(C)COC(=O)N1[C@@H](c2ccc(-c3ccccc3)cc2)OC(=O)[C@@]1(C)Cc1ccc(Br)cc1. The van der Waals surface area contributed by atoms with Crippen LogP contribution in [0.4, 0.5) is 4.79 Å². The van der Waals surface area contributed by atoms with Gasteiger partial charge >= 0.3 is 12.1 Å². The highest BCUT2D eigenvalue weighted by Crippen LogP contribution is 2.41. The van der Waals surface area contributed by atoms with Crippen LogP contribution in [0.1, 0.15) is 38.1 Å². The topological polar surface area (TPSA) is 55.8 Å². The molecule has 2 atom stereocenters. The minimum Gasteiger partial charge on any atom is -0.449 e. The van der Waals surface area contributed by atoms with E-state index in [4.69, 9.17) is 9.47 Å². The van der Waals surface area contributed by atoms with Crippen LogP contribution in [0.3, 0.4) is 0 Å². The van der Waals surface area contributed by atoms with Gasteiger partial charge in [0.15, 0.2) is 0 Å². The van der Waals surface area contributed by atoms with E-state index in [-0.39, 0.29) is 12.5 Å². The molecule has 5 nitrogen and oxygen atoms in total. The molecule has 0 unspecified atom stereocenters. The Kier molecular flexibility index (Phi) is 7.08. The smallest absolute Gasteiger partial charge is 0.413 e. The van der Waals surface area contributed by atoms with E-state index < -0.39 is 23.8 Å². The van der Waals surface area contributed by atoms with Gasteiger partial charge in [-0.2, -0.15) is 0 Å². The molecule has 0 aliphatic carbocycles. The number of halogens is 1. The Balaban J connectivity index is 1.67. The zero-order chi connectivity index (χ0) is 24.3. The van der Waals surface area contributed by atoms with Crippen molar-refractivity contribution in [1.29, 1.82) is 0 Å². The molecule has 0 bridgehead atoms. The molecular formula is C28H28BrNO4. The van der Waals surface area contributed by atoms with E-state index in [0.29, 0.717) is 12.0 Å². The summed E-state index contributed by atoms with van der Waals surface area (Å²) < 4.78 is 12.3. The lowest BCUT2D eigenvalue weighted by Crippen LogP contribution is -2.51. The van der Waals surface area contributed by atoms with Gasteiger partial charge in [0.25, 0.3) is 0 Å². The van der Waals surface area contributed by atoms with E-state index in [0.717, 1.165) is 21.2 Å². The molecule has 1 saturated heterocycles. The summed E-state index contributed by atoms with van der Waals surface area (Å²) in [5.41, 5.74) is 2.56. The number of ether oxygens (including phenoxy) is 2. The van der Waals surface area contributed by atoms with Crippen molar-refractivity contribution in [2.45, 2.75) is 39.0 Å². The van der Waals surface area contributed by atoms with E-state index in [9.17, 15) is 9.59 Å². The Labute approximate surface area is 208 Å². The third-order valence-electron chi connectivity index (χ3n) is 5.93. The van der Waals surface area contributed by atoms with Crippen LogP contribution in [0, 0.1) is 5.92 Å². The van der Waals surface area contributed by atoms with Gasteiger partial charge in [-0.1, -0.05) is 96.5 Å². The van der Waals surface area contributed by atoms with Crippen LogP contribution in [-0.2, 0) is 20.7 Å². The first-order chi connectivity index (χ1) is 16.3. The average molecular weight is 522 g/mol. The molecule has 34 heavy (non-hydrogen) atoms. The standard InChI is InChI=1S/C28H28BrNO4/c1-19(2)18-33-27(32)30-25(23-13-11-22(12-14-23)21-7-5-4-6-8-21)34-26(31)28(30,3)17-20-9-15-24(29)16-10-20/h4-16,19,25H,17-18H2,1-3H3/t25-,28-/m1/s1. The normalized spacial score (nSPS) is 19.9. The molecule has 0 radical (unpaired) electrons. The van der Waals surface area contributed by atoms with Crippen molar-refractivity contribution < 1.29 is 19.1 Å². The minimum absolute atomic E-state index is 0.171. The predicted octanol–water partition coefficient (Wildman–Crippen LogP) is 6.77. The molecule has 3 aromatic rings. The third kappa shape index (κ3) is 5.02. The van der Waals surface area contributed by atoms with Gasteiger partial charge in [-0.3, -0.25) is 4.90 Å². The quantitative estimate of drug-likeness (QED) is 0.336. The fourth-order valence-electron chi connectivity index (χ4n) is 4.09. The highest BCUT2D eigenvalue weighted by Gasteiger charge is 2.55. The second kappa shape index (κ2) is 10.0. The lowest BCUT2D eigenvalue weighted by atomic mass is 9.91. The first kappa shape index (κ1) is 24.0. The highest BCUT2D eigenvalue weighted by atomic mass is 79.9. The third-order valence-corrected chi connectivity index (χ3v) is 6.45. The maximum atomic E-state index is 13.3. The zero-order valence-electron chi connectivity index (χ0n) is 19.5. The van der Waals surface area contributed by atoms with Crippen molar-refractivity contribution in [2.24, 2.45) is 5.92 Å².